The fourth-order valence-electron chi connectivity index (χ4n) is 2.51. The van der Waals surface area contributed by atoms with Gasteiger partial charge in [0.1, 0.15) is 18.2 Å². The van der Waals surface area contributed by atoms with Crippen molar-refractivity contribution >= 4 is 6.02 Å². The molecule has 0 radical (unpaired) electrons. The first-order chi connectivity index (χ1) is 8.67. The Kier molecular flexibility index (Phi) is 4.42. The largest absolute Gasteiger partial charge is 0.460 e. The van der Waals surface area contributed by atoms with Crippen molar-refractivity contribution in [2.24, 2.45) is 10.9 Å². The van der Waals surface area contributed by atoms with Crippen LogP contribution in [0.15, 0.2) is 4.99 Å². The van der Waals surface area contributed by atoms with E-state index < -0.39 is 18.2 Å². The van der Waals surface area contributed by atoms with Crippen LogP contribution in [0.1, 0.15) is 26.2 Å². The number of hydrogen-bond acceptors (Lipinski definition) is 6. The highest BCUT2D eigenvalue weighted by atomic mass is 16.5. The summed E-state index contributed by atoms with van der Waals surface area (Å²) in [7, 11) is 0. The van der Waals surface area contributed by atoms with Crippen molar-refractivity contribution in [1.82, 2.24) is 5.32 Å². The maximum absolute atomic E-state index is 9.96. The van der Waals surface area contributed by atoms with E-state index in [1.165, 1.54) is 0 Å². The van der Waals surface area contributed by atoms with Gasteiger partial charge in [-0.3, -0.25) is 0 Å². The summed E-state index contributed by atoms with van der Waals surface area (Å²) in [6.45, 7) is 2.74. The highest BCUT2D eigenvalue weighted by Gasteiger charge is 2.47. The third-order valence-electron chi connectivity index (χ3n) is 3.67. The van der Waals surface area contributed by atoms with Crippen molar-refractivity contribution in [1.29, 1.82) is 0 Å². The lowest BCUT2D eigenvalue weighted by Gasteiger charge is -2.36. The molecule has 1 aliphatic carbocycles. The molecule has 2 rings (SSSR count). The number of nitrogens with zero attached hydrogens (tertiary/aromatic N) is 1. The highest BCUT2D eigenvalue weighted by Crippen LogP contribution is 2.32. The Morgan fingerprint density at radius 2 is 2.17 bits per heavy atom. The van der Waals surface area contributed by atoms with Crippen molar-refractivity contribution in [3.05, 3.63) is 0 Å². The number of rotatable bonds is 4. The van der Waals surface area contributed by atoms with E-state index in [-0.39, 0.29) is 18.6 Å². The molecule has 0 aromatic carbocycles. The van der Waals surface area contributed by atoms with E-state index >= 15 is 0 Å². The van der Waals surface area contributed by atoms with Gasteiger partial charge >= 0.3 is 0 Å². The minimum Gasteiger partial charge on any atom is -0.460 e. The summed E-state index contributed by atoms with van der Waals surface area (Å²) in [5, 5.41) is 32.0. The first-order valence-corrected chi connectivity index (χ1v) is 6.62. The van der Waals surface area contributed by atoms with Gasteiger partial charge in [0, 0.05) is 19.1 Å². The van der Waals surface area contributed by atoms with E-state index in [0.717, 1.165) is 19.4 Å². The smallest absolute Gasteiger partial charge is 0.285 e. The molecule has 6 heteroatoms. The number of hydrogen-bond donors (Lipinski definition) is 4. The molecule has 0 aromatic heterocycles. The van der Waals surface area contributed by atoms with Gasteiger partial charge < -0.3 is 25.4 Å². The summed E-state index contributed by atoms with van der Waals surface area (Å²) in [5.41, 5.74) is 0. The molecular formula is C12H22N2O4. The van der Waals surface area contributed by atoms with Gasteiger partial charge in [-0.15, -0.1) is 0 Å². The molecule has 1 fully saturated rings. The quantitative estimate of drug-likeness (QED) is 0.497. The van der Waals surface area contributed by atoms with E-state index in [4.69, 9.17) is 9.84 Å². The maximum Gasteiger partial charge on any atom is 0.285 e. The van der Waals surface area contributed by atoms with Crippen LogP contribution in [0.4, 0.5) is 0 Å². The zero-order chi connectivity index (χ0) is 13.1. The molecule has 0 saturated heterocycles. The second kappa shape index (κ2) is 5.86. The number of amidine groups is 1. The Labute approximate surface area is 107 Å². The Bertz CT molecular complexity index is 310. The number of aliphatic hydroxyl groups is 3. The molecule has 6 nitrogen and oxygen atoms in total. The van der Waals surface area contributed by atoms with Crippen molar-refractivity contribution in [2.45, 2.75) is 50.5 Å². The number of nitrogens with one attached hydrogen (secondary N) is 1. The molecule has 1 aliphatic heterocycles. The van der Waals surface area contributed by atoms with Crippen LogP contribution in [0.5, 0.6) is 0 Å². The van der Waals surface area contributed by atoms with Crippen molar-refractivity contribution in [3.8, 4) is 0 Å². The second-order valence-electron chi connectivity index (χ2n) is 5.02. The zero-order valence-electron chi connectivity index (χ0n) is 10.6. The van der Waals surface area contributed by atoms with Gasteiger partial charge in [0.05, 0.1) is 6.10 Å². The molecule has 2 aliphatic rings. The van der Waals surface area contributed by atoms with Crippen molar-refractivity contribution < 1.29 is 20.1 Å². The standard InChI is InChI=1S/C12H22N2O4/c1-2-3-4-13-12-14-9-8(18-12)5-7(6-15)10(16)11(9)17/h7-11,15-17H,2-6H2,1H3,(H,13,14)/t7-,8-,9-,10-,11-/m1/s1. The van der Waals surface area contributed by atoms with Crippen LogP contribution in [-0.2, 0) is 4.74 Å². The average Bonchev–Trinajstić information content (AvgIpc) is 2.77. The third kappa shape index (κ3) is 2.60. The lowest BCUT2D eigenvalue weighted by molar-refractivity contribution is -0.0948. The van der Waals surface area contributed by atoms with Crippen LogP contribution in [-0.4, -0.2) is 58.8 Å². The van der Waals surface area contributed by atoms with E-state index in [1.54, 1.807) is 0 Å². The first-order valence-electron chi connectivity index (χ1n) is 6.62. The Balaban J connectivity index is 1.95. The number of ether oxygens (including phenoxy) is 1. The molecular weight excluding hydrogens is 236 g/mol. The Morgan fingerprint density at radius 3 is 2.83 bits per heavy atom. The maximum atomic E-state index is 9.96. The molecule has 1 heterocycles. The van der Waals surface area contributed by atoms with E-state index in [2.05, 4.69) is 17.2 Å². The third-order valence-corrected chi connectivity index (χ3v) is 3.67. The van der Waals surface area contributed by atoms with Gasteiger partial charge in [0.15, 0.2) is 0 Å². The monoisotopic (exact) mass is 258 g/mol. The molecule has 0 bridgehead atoms. The lowest BCUT2D eigenvalue weighted by atomic mass is 9.80. The molecule has 0 aromatic rings. The molecule has 4 N–H and O–H groups in total. The van der Waals surface area contributed by atoms with E-state index in [0.29, 0.717) is 12.4 Å². The van der Waals surface area contributed by atoms with Gasteiger partial charge in [-0.05, 0) is 12.8 Å². The van der Waals surface area contributed by atoms with Crippen molar-refractivity contribution in [3.63, 3.8) is 0 Å². The van der Waals surface area contributed by atoms with Crippen LogP contribution in [0.3, 0.4) is 0 Å². The highest BCUT2D eigenvalue weighted by molar-refractivity contribution is 5.75. The summed E-state index contributed by atoms with van der Waals surface area (Å²) in [6.07, 6.45) is 0.486. The van der Waals surface area contributed by atoms with E-state index in [1.807, 2.05) is 0 Å². The van der Waals surface area contributed by atoms with Crippen LogP contribution < -0.4 is 5.32 Å². The van der Waals surface area contributed by atoms with E-state index in [9.17, 15) is 10.2 Å². The Morgan fingerprint density at radius 1 is 1.39 bits per heavy atom. The van der Waals surface area contributed by atoms with Crippen LogP contribution in [0.25, 0.3) is 0 Å². The summed E-state index contributed by atoms with van der Waals surface area (Å²) in [6, 6.07) is 0.0233. The number of aliphatic imine (C=N–C) groups is 1. The van der Waals surface area contributed by atoms with Gasteiger partial charge in [-0.2, -0.15) is 0 Å². The molecule has 1 saturated carbocycles. The molecule has 0 spiro atoms. The molecule has 5 atom stereocenters. The number of aliphatic hydroxyl groups excluding tert-OH is 3. The average molecular weight is 258 g/mol. The summed E-state index contributed by atoms with van der Waals surface area (Å²) in [4.78, 5) is 4.27. The molecule has 18 heavy (non-hydrogen) atoms. The van der Waals surface area contributed by atoms with Crippen LogP contribution in [0.2, 0.25) is 0 Å². The van der Waals surface area contributed by atoms with Crippen LogP contribution >= 0.6 is 0 Å². The SMILES string of the molecule is CCCCNC1=N[C@H]2[C@@H](O)[C@H](O)[C@@H](CO)C[C@H]2O1. The normalized spacial score (nSPS) is 38.9. The Hall–Kier alpha value is -0.850. The fraction of sp³-hybridized carbons (Fsp3) is 0.917. The zero-order valence-corrected chi connectivity index (χ0v) is 10.6. The topological polar surface area (TPSA) is 94.3 Å². The second-order valence-corrected chi connectivity index (χ2v) is 5.02. The van der Waals surface area contributed by atoms with Gasteiger partial charge in [-0.25, -0.2) is 4.99 Å². The minimum absolute atomic E-state index is 0.149. The predicted molar refractivity (Wildman–Crippen MR) is 66.2 cm³/mol. The number of fused-ring (bicyclic) bond motifs is 1. The predicted octanol–water partition coefficient (Wildman–Crippen LogP) is -0.766. The molecule has 0 amide bonds. The van der Waals surface area contributed by atoms with Gasteiger partial charge in [-0.1, -0.05) is 13.3 Å². The number of unbranched alkanes of at least 4 members (excludes halogenated alkanes) is 1. The summed E-state index contributed by atoms with van der Waals surface area (Å²) < 4.78 is 5.62. The fourth-order valence-corrected chi connectivity index (χ4v) is 2.51. The van der Waals surface area contributed by atoms with Crippen LogP contribution in [0, 0.1) is 5.92 Å². The molecule has 0 unspecified atom stereocenters. The summed E-state index contributed by atoms with van der Waals surface area (Å²) in [5.74, 6) is -0.341. The molecule has 104 valence electrons. The minimum atomic E-state index is -0.966. The lowest BCUT2D eigenvalue weighted by Crippen LogP contribution is -2.52. The van der Waals surface area contributed by atoms with Crippen molar-refractivity contribution in [2.75, 3.05) is 13.2 Å². The first kappa shape index (κ1) is 13.6. The van der Waals surface area contributed by atoms with Gasteiger partial charge in [0.2, 0.25) is 0 Å². The van der Waals surface area contributed by atoms with Gasteiger partial charge in [0.25, 0.3) is 6.02 Å². The summed E-state index contributed by atoms with van der Waals surface area (Å²) >= 11 is 0.